The fourth-order valence-electron chi connectivity index (χ4n) is 1.78. The second-order valence-electron chi connectivity index (χ2n) is 3.74. The van der Waals surface area contributed by atoms with Gasteiger partial charge in [-0.1, -0.05) is 0 Å². The molecule has 2 rings (SSSR count). The molecule has 0 saturated carbocycles. The molecule has 0 radical (unpaired) electrons. The van der Waals surface area contributed by atoms with E-state index < -0.39 is 17.7 Å². The molecular formula is C9H11FN3O3Tl. The SMILES string of the molecule is O=c1nc([NH][Tl])c(F)cn1C1CCC(CO)O1. The number of halogens is 1. The maximum atomic E-state index is 13.5. The van der Waals surface area contributed by atoms with Gasteiger partial charge in [0.2, 0.25) is 0 Å². The van der Waals surface area contributed by atoms with Crippen molar-refractivity contribution in [1.29, 1.82) is 0 Å². The number of nitrogens with zero attached hydrogens (tertiary/aromatic N) is 2. The molecule has 1 fully saturated rings. The summed E-state index contributed by atoms with van der Waals surface area (Å²) in [7, 11) is 0. The molecule has 0 amide bonds. The molecule has 2 unspecified atom stereocenters. The maximum absolute atomic E-state index is 13.5. The van der Waals surface area contributed by atoms with E-state index in [0.717, 1.165) is 10.8 Å². The summed E-state index contributed by atoms with van der Waals surface area (Å²) in [6.07, 6.45) is 1.50. The number of aromatic nitrogens is 2. The molecule has 1 aliphatic heterocycles. The van der Waals surface area contributed by atoms with Crippen molar-refractivity contribution in [1.82, 2.24) is 9.55 Å². The molecule has 0 spiro atoms. The van der Waals surface area contributed by atoms with Crippen LogP contribution < -0.4 is 8.82 Å². The van der Waals surface area contributed by atoms with Gasteiger partial charge >= 0.3 is 113 Å². The van der Waals surface area contributed by atoms with E-state index in [4.69, 9.17) is 9.84 Å². The number of aliphatic hydroxyl groups excluding tert-OH is 1. The van der Waals surface area contributed by atoms with Gasteiger partial charge in [0.1, 0.15) is 0 Å². The van der Waals surface area contributed by atoms with Gasteiger partial charge in [-0.25, -0.2) is 0 Å². The summed E-state index contributed by atoms with van der Waals surface area (Å²) in [5.41, 5.74) is -0.543. The van der Waals surface area contributed by atoms with Crippen LogP contribution in [-0.4, -0.2) is 53.4 Å². The molecule has 17 heavy (non-hydrogen) atoms. The zero-order chi connectivity index (χ0) is 12.4. The van der Waals surface area contributed by atoms with Crippen molar-refractivity contribution < 1.29 is 14.2 Å². The Morgan fingerprint density at radius 2 is 2.47 bits per heavy atom. The zero-order valence-electron chi connectivity index (χ0n) is 8.97. The van der Waals surface area contributed by atoms with Crippen molar-refractivity contribution in [2.75, 3.05) is 9.73 Å². The Kier molecular flexibility index (Phi) is 4.10. The van der Waals surface area contributed by atoms with E-state index in [-0.39, 0.29) is 18.5 Å². The molecule has 1 saturated heterocycles. The molecule has 6 nitrogen and oxygen atoms in total. The molecule has 2 atom stereocenters. The van der Waals surface area contributed by atoms with Crippen molar-refractivity contribution in [3.8, 4) is 0 Å². The zero-order valence-corrected chi connectivity index (χ0v) is 13.5. The van der Waals surface area contributed by atoms with E-state index in [0.29, 0.717) is 38.9 Å². The van der Waals surface area contributed by atoms with Crippen LogP contribution in [0.15, 0.2) is 11.0 Å². The number of nitrogens with one attached hydrogen (secondary N) is 1. The van der Waals surface area contributed by atoms with Crippen LogP contribution in [0.5, 0.6) is 0 Å². The van der Waals surface area contributed by atoms with Crippen molar-refractivity contribution in [3.63, 3.8) is 0 Å². The van der Waals surface area contributed by atoms with Gasteiger partial charge in [-0.15, -0.1) is 0 Å². The Balaban J connectivity index is 2.28. The molecule has 1 aromatic heterocycles. The third-order valence-corrected chi connectivity index (χ3v) is 3.71. The number of hydrogen-bond donors (Lipinski definition) is 2. The van der Waals surface area contributed by atoms with Crippen LogP contribution in [0.3, 0.4) is 0 Å². The molecule has 2 heterocycles. The summed E-state index contributed by atoms with van der Waals surface area (Å²) in [4.78, 5) is 15.3. The number of hydrogen-bond acceptors (Lipinski definition) is 5. The van der Waals surface area contributed by atoms with Crippen molar-refractivity contribution in [2.45, 2.75) is 25.2 Å². The number of rotatable bonds is 3. The van der Waals surface area contributed by atoms with E-state index in [1.807, 2.05) is 0 Å². The van der Waals surface area contributed by atoms with Gasteiger partial charge in [-0.3, -0.25) is 0 Å². The van der Waals surface area contributed by atoms with E-state index in [2.05, 4.69) is 8.11 Å². The van der Waals surface area contributed by atoms with E-state index in [1.165, 1.54) is 0 Å². The third kappa shape index (κ3) is 2.66. The van der Waals surface area contributed by atoms with Gasteiger partial charge in [0.15, 0.2) is 0 Å². The molecule has 0 aliphatic carbocycles. The summed E-state index contributed by atoms with van der Waals surface area (Å²) in [6, 6.07) is 0. The minimum atomic E-state index is -0.567. The Bertz CT molecular complexity index is 467. The predicted molar refractivity (Wildman–Crippen MR) is 58.1 cm³/mol. The topological polar surface area (TPSA) is 76.4 Å². The third-order valence-electron chi connectivity index (χ3n) is 2.64. The monoisotopic (exact) mass is 433 g/mol. The average Bonchev–Trinajstić information content (AvgIpc) is 2.80. The first-order valence-corrected chi connectivity index (χ1v) is 7.41. The van der Waals surface area contributed by atoms with Crippen LogP contribution in [0, 0.1) is 5.82 Å². The van der Waals surface area contributed by atoms with Crippen LogP contribution in [-0.2, 0) is 4.74 Å². The molecule has 1 aliphatic rings. The summed E-state index contributed by atoms with van der Waals surface area (Å²) < 4.78 is 22.7. The Morgan fingerprint density at radius 1 is 1.71 bits per heavy atom. The molecule has 2 N–H and O–H groups in total. The molecule has 90 valence electrons. The molecule has 1 aromatic rings. The van der Waals surface area contributed by atoms with Crippen LogP contribution in [0.4, 0.5) is 10.2 Å². The van der Waals surface area contributed by atoms with E-state index >= 15 is 0 Å². The summed E-state index contributed by atoms with van der Waals surface area (Å²) >= 11 is 0.318. The van der Waals surface area contributed by atoms with E-state index in [1.54, 1.807) is 0 Å². The Hall–Kier alpha value is -0.548. The second-order valence-corrected chi connectivity index (χ2v) is 4.87. The first kappa shape index (κ1) is 12.9. The van der Waals surface area contributed by atoms with Crippen molar-refractivity contribution >= 4 is 31.9 Å². The minimum absolute atomic E-state index is 0.00652. The molecule has 8 heteroatoms. The average molecular weight is 433 g/mol. The van der Waals surface area contributed by atoms with E-state index in [9.17, 15) is 9.18 Å². The van der Waals surface area contributed by atoms with Crippen LogP contribution in [0.2, 0.25) is 0 Å². The van der Waals surface area contributed by atoms with Gasteiger partial charge in [-0.2, -0.15) is 0 Å². The number of anilines is 1. The van der Waals surface area contributed by atoms with Gasteiger partial charge < -0.3 is 0 Å². The number of aliphatic hydroxyl groups is 1. The van der Waals surface area contributed by atoms with Crippen molar-refractivity contribution in [2.24, 2.45) is 0 Å². The summed E-state index contributed by atoms with van der Waals surface area (Å²) in [5.74, 6) is -0.573. The van der Waals surface area contributed by atoms with Crippen molar-refractivity contribution in [3.05, 3.63) is 22.5 Å². The summed E-state index contributed by atoms with van der Waals surface area (Å²) in [5, 5.41) is 8.93. The standard InChI is InChI=1S/C9H12FN3O3.Tl/c10-6-3-13(9(15)12-8(6)11)7-2-1-5(4-14)16-7;/h3,5,7,14H,1-2,4H2,(H2,11,12,15);/q;+1/p-1. The van der Waals surface area contributed by atoms with Gasteiger partial charge in [-0.05, 0) is 0 Å². The predicted octanol–water partition coefficient (Wildman–Crippen LogP) is -0.452. The fraction of sp³-hybridized carbons (Fsp3) is 0.556. The fourth-order valence-corrected chi connectivity index (χ4v) is 2.57. The quantitative estimate of drug-likeness (QED) is 0.633. The molecule has 0 aromatic carbocycles. The van der Waals surface area contributed by atoms with Crippen LogP contribution >= 0.6 is 0 Å². The number of ether oxygens (including phenoxy) is 1. The van der Waals surface area contributed by atoms with Gasteiger partial charge in [0, 0.05) is 0 Å². The Labute approximate surface area is 113 Å². The Morgan fingerprint density at radius 3 is 3.06 bits per heavy atom. The first-order chi connectivity index (χ1) is 8.15. The first-order valence-electron chi connectivity index (χ1n) is 5.17. The van der Waals surface area contributed by atoms with Crippen LogP contribution in [0.1, 0.15) is 19.1 Å². The van der Waals surface area contributed by atoms with Crippen LogP contribution in [0.25, 0.3) is 0 Å². The molecule has 0 bridgehead atoms. The second kappa shape index (κ2) is 5.40. The van der Waals surface area contributed by atoms with Gasteiger partial charge in [0.25, 0.3) is 0 Å². The molecular weight excluding hydrogens is 421 g/mol. The van der Waals surface area contributed by atoms with Gasteiger partial charge in [0.05, 0.1) is 0 Å². The summed E-state index contributed by atoms with van der Waals surface area (Å²) in [6.45, 7) is -0.0948. The normalized spacial score (nSPS) is 23.8.